The molecule has 3 aromatic rings. The molecule has 4 heterocycles. The number of anilines is 2. The minimum atomic E-state index is -0.549. The summed E-state index contributed by atoms with van der Waals surface area (Å²) in [5, 5.41) is 7.19. The molecule has 1 fully saturated rings. The van der Waals surface area contributed by atoms with Gasteiger partial charge in [0.2, 0.25) is 0 Å². The first kappa shape index (κ1) is 26.2. The summed E-state index contributed by atoms with van der Waals surface area (Å²) >= 11 is 0. The number of aryl methyl sites for hydroxylation is 1. The number of aromatic nitrogens is 4. The highest BCUT2D eigenvalue weighted by Gasteiger charge is 2.36. The zero-order valence-corrected chi connectivity index (χ0v) is 22.5. The minimum Gasteiger partial charge on any atom is -0.491 e. The van der Waals surface area contributed by atoms with Crippen LogP contribution in [-0.2, 0) is 4.74 Å². The smallest absolute Gasteiger partial charge is 0.410 e. The van der Waals surface area contributed by atoms with E-state index in [2.05, 4.69) is 25.3 Å². The third-order valence-electron chi connectivity index (χ3n) is 5.96. The fraction of sp³-hybridized carbons (Fsp3) is 0.500. The molecule has 1 N–H and O–H groups in total. The molecule has 2 atom stereocenters. The van der Waals surface area contributed by atoms with Crippen molar-refractivity contribution in [3.8, 4) is 5.75 Å². The maximum Gasteiger partial charge on any atom is 0.410 e. The quantitative estimate of drug-likeness (QED) is 0.551. The van der Waals surface area contributed by atoms with Gasteiger partial charge in [-0.2, -0.15) is 5.10 Å². The van der Waals surface area contributed by atoms with Crippen LogP contribution in [0.3, 0.4) is 0 Å². The number of carbonyl (C=O) groups is 2. The largest absolute Gasteiger partial charge is 0.491 e. The van der Waals surface area contributed by atoms with Crippen LogP contribution in [0.2, 0.25) is 0 Å². The monoisotopic (exact) mass is 509 g/mol. The van der Waals surface area contributed by atoms with E-state index in [0.29, 0.717) is 42.6 Å². The summed E-state index contributed by atoms with van der Waals surface area (Å²) in [6.07, 6.45) is 4.55. The average molecular weight is 510 g/mol. The molecule has 0 radical (unpaired) electrons. The Morgan fingerprint density at radius 2 is 1.81 bits per heavy atom. The van der Waals surface area contributed by atoms with Crippen LogP contribution in [0, 0.1) is 6.92 Å². The van der Waals surface area contributed by atoms with E-state index < -0.39 is 5.60 Å². The molecule has 4 rings (SSSR count). The van der Waals surface area contributed by atoms with Crippen LogP contribution in [0.5, 0.6) is 5.75 Å². The number of piperazine rings is 1. The number of amides is 2. The first-order valence-corrected chi connectivity index (χ1v) is 12.5. The average Bonchev–Trinajstić information content (AvgIpc) is 3.16. The van der Waals surface area contributed by atoms with E-state index in [9.17, 15) is 9.59 Å². The minimum absolute atomic E-state index is 0.0705. The fourth-order valence-electron chi connectivity index (χ4n) is 4.51. The van der Waals surface area contributed by atoms with Crippen LogP contribution >= 0.6 is 0 Å². The Hall–Kier alpha value is -3.89. The van der Waals surface area contributed by atoms with Crippen molar-refractivity contribution in [1.82, 2.24) is 24.5 Å². The zero-order chi connectivity index (χ0) is 26.9. The maximum absolute atomic E-state index is 13.1. The molecular weight excluding hydrogens is 474 g/mol. The van der Waals surface area contributed by atoms with Gasteiger partial charge in [0.15, 0.2) is 5.82 Å². The lowest BCUT2D eigenvalue weighted by molar-refractivity contribution is 0.00559. The highest BCUT2D eigenvalue weighted by molar-refractivity contribution is 6.06. The van der Waals surface area contributed by atoms with Crippen LogP contribution in [0.15, 0.2) is 30.7 Å². The molecule has 11 nitrogen and oxygen atoms in total. The Balaban J connectivity index is 1.45. The number of nitrogens with zero attached hydrogens (tertiary/aromatic N) is 6. The molecule has 1 aliphatic rings. The van der Waals surface area contributed by atoms with Crippen molar-refractivity contribution < 1.29 is 19.1 Å². The summed E-state index contributed by atoms with van der Waals surface area (Å²) in [5.41, 5.74) is 1.48. The van der Waals surface area contributed by atoms with Gasteiger partial charge in [0.05, 0.1) is 54.1 Å². The first-order valence-electron chi connectivity index (χ1n) is 12.5. The summed E-state index contributed by atoms with van der Waals surface area (Å²) in [4.78, 5) is 38.6. The number of carbonyl (C=O) groups excluding carboxylic acids is 2. The van der Waals surface area contributed by atoms with Crippen molar-refractivity contribution in [2.75, 3.05) is 29.9 Å². The van der Waals surface area contributed by atoms with E-state index >= 15 is 0 Å². The number of ether oxygens (including phenoxy) is 2. The number of hydrogen-bond donors (Lipinski definition) is 1. The van der Waals surface area contributed by atoms with Crippen LogP contribution in [0.1, 0.15) is 57.6 Å². The molecule has 11 heteroatoms. The standard InChI is InChI=1S/C26H35N7O4/c1-8-36-21-15-32-19(9-16(2)30-32)10-20(21)24(34)29-22-11-28-23(12-27-22)31-13-17(3)33(18(4)14-31)25(35)37-26(5,6)7/h9-12,15,17-18H,8,13-14H2,1-7H3,(H,27,29,34)/t17-,18+. The van der Waals surface area contributed by atoms with Crippen LogP contribution in [-0.4, -0.2) is 73.9 Å². The maximum atomic E-state index is 13.1. The second-order valence-electron chi connectivity index (χ2n) is 10.3. The normalized spacial score (nSPS) is 18.1. The fourth-order valence-corrected chi connectivity index (χ4v) is 4.51. The number of pyridine rings is 1. The molecule has 1 saturated heterocycles. The Morgan fingerprint density at radius 3 is 2.41 bits per heavy atom. The van der Waals surface area contributed by atoms with E-state index in [-0.39, 0.29) is 24.1 Å². The van der Waals surface area contributed by atoms with Gasteiger partial charge in [0.1, 0.15) is 17.2 Å². The van der Waals surface area contributed by atoms with E-state index in [0.717, 1.165) is 11.2 Å². The predicted octanol–water partition coefficient (Wildman–Crippen LogP) is 3.92. The van der Waals surface area contributed by atoms with Crippen molar-refractivity contribution in [2.45, 2.75) is 66.2 Å². The number of nitrogens with one attached hydrogen (secondary N) is 1. The van der Waals surface area contributed by atoms with Gasteiger partial charge in [0.25, 0.3) is 5.91 Å². The van der Waals surface area contributed by atoms with E-state index in [1.807, 2.05) is 54.5 Å². The van der Waals surface area contributed by atoms with Gasteiger partial charge in [-0.05, 0) is 60.6 Å². The van der Waals surface area contributed by atoms with Crippen LogP contribution in [0.25, 0.3) is 5.52 Å². The van der Waals surface area contributed by atoms with E-state index in [1.165, 1.54) is 6.20 Å². The Kier molecular flexibility index (Phi) is 7.24. The second kappa shape index (κ2) is 10.2. The predicted molar refractivity (Wildman–Crippen MR) is 140 cm³/mol. The third-order valence-corrected chi connectivity index (χ3v) is 5.96. The van der Waals surface area contributed by atoms with Crippen LogP contribution < -0.4 is 15.0 Å². The molecule has 37 heavy (non-hydrogen) atoms. The second-order valence-corrected chi connectivity index (χ2v) is 10.3. The molecule has 2 amide bonds. The molecule has 198 valence electrons. The molecular formula is C26H35N7O4. The lowest BCUT2D eigenvalue weighted by Gasteiger charge is -2.44. The third kappa shape index (κ3) is 5.92. The van der Waals surface area contributed by atoms with Crippen molar-refractivity contribution in [2.24, 2.45) is 0 Å². The Bertz CT molecular complexity index is 1270. The molecule has 3 aromatic heterocycles. The summed E-state index contributed by atoms with van der Waals surface area (Å²) in [7, 11) is 0. The molecule has 0 aliphatic carbocycles. The summed E-state index contributed by atoms with van der Waals surface area (Å²) < 4.78 is 13.0. The van der Waals surface area contributed by atoms with E-state index in [4.69, 9.17) is 9.47 Å². The SMILES string of the molecule is CCOc1cn2nc(C)cc2cc1C(=O)Nc1cnc(N2C[C@@H](C)N(C(=O)OC(C)(C)C)[C@@H](C)C2)cn1. The topological polar surface area (TPSA) is 114 Å². The van der Waals surface area contributed by atoms with Gasteiger partial charge in [-0.15, -0.1) is 0 Å². The van der Waals surface area contributed by atoms with Gasteiger partial charge in [-0.1, -0.05) is 0 Å². The Labute approximate surface area is 216 Å². The van der Waals surface area contributed by atoms with Crippen molar-refractivity contribution >= 4 is 29.2 Å². The number of rotatable bonds is 5. The molecule has 0 aromatic carbocycles. The first-order chi connectivity index (χ1) is 17.4. The summed E-state index contributed by atoms with van der Waals surface area (Å²) in [6.45, 7) is 14.9. The molecule has 0 bridgehead atoms. The van der Waals surface area contributed by atoms with Crippen molar-refractivity contribution in [3.63, 3.8) is 0 Å². The molecule has 0 saturated carbocycles. The molecule has 1 aliphatic heterocycles. The van der Waals surface area contributed by atoms with Crippen molar-refractivity contribution in [3.05, 3.63) is 42.0 Å². The molecule has 0 unspecified atom stereocenters. The van der Waals surface area contributed by atoms with E-state index in [1.54, 1.807) is 27.9 Å². The van der Waals surface area contributed by atoms with Gasteiger partial charge in [0, 0.05) is 13.1 Å². The van der Waals surface area contributed by atoms with Gasteiger partial charge in [-0.25, -0.2) is 19.3 Å². The lowest BCUT2D eigenvalue weighted by Crippen LogP contribution is -2.59. The van der Waals surface area contributed by atoms with Gasteiger partial charge >= 0.3 is 6.09 Å². The summed E-state index contributed by atoms with van der Waals surface area (Å²) in [6, 6.07) is 3.50. The number of hydrogen-bond acceptors (Lipinski definition) is 8. The zero-order valence-electron chi connectivity index (χ0n) is 22.5. The van der Waals surface area contributed by atoms with Gasteiger partial charge < -0.3 is 19.7 Å². The van der Waals surface area contributed by atoms with Crippen molar-refractivity contribution in [1.29, 1.82) is 0 Å². The highest BCUT2D eigenvalue weighted by atomic mass is 16.6. The number of fused-ring (bicyclic) bond motifs is 1. The summed E-state index contributed by atoms with van der Waals surface area (Å²) in [5.74, 6) is 1.09. The molecule has 0 spiro atoms. The lowest BCUT2D eigenvalue weighted by atomic mass is 10.1. The Morgan fingerprint density at radius 1 is 1.11 bits per heavy atom. The van der Waals surface area contributed by atoms with Crippen LogP contribution in [0.4, 0.5) is 16.4 Å². The highest BCUT2D eigenvalue weighted by Crippen LogP contribution is 2.25. The van der Waals surface area contributed by atoms with Gasteiger partial charge in [-0.3, -0.25) is 9.69 Å².